The van der Waals surface area contributed by atoms with Crippen LogP contribution < -0.4 is 15.4 Å². The molecule has 0 fully saturated rings. The number of nitrogens with one attached hydrogen (secondary N) is 2. The molecule has 0 bridgehead atoms. The Morgan fingerprint density at radius 3 is 2.32 bits per heavy atom. The standard InChI is InChI=1S/C20H24N2O3/c1-3-18(16-11-9-15(2)10-12-16)22-19(23)13-21-20(24)14-25-17-7-5-4-6-8-17/h4-12,18H,3,13-14H2,1-2H3,(H,21,24)(H,22,23)/t18-/m0/s1. The first-order valence-electron chi connectivity index (χ1n) is 8.39. The second-order valence-electron chi connectivity index (χ2n) is 5.82. The maximum atomic E-state index is 12.1. The van der Waals surface area contributed by atoms with E-state index in [-0.39, 0.29) is 31.0 Å². The fourth-order valence-electron chi connectivity index (χ4n) is 2.36. The third-order valence-electron chi connectivity index (χ3n) is 3.78. The van der Waals surface area contributed by atoms with Crippen LogP contribution >= 0.6 is 0 Å². The van der Waals surface area contributed by atoms with Crippen LogP contribution in [0.15, 0.2) is 54.6 Å². The van der Waals surface area contributed by atoms with Gasteiger partial charge in [0.1, 0.15) is 5.75 Å². The van der Waals surface area contributed by atoms with Crippen molar-refractivity contribution in [2.75, 3.05) is 13.2 Å². The van der Waals surface area contributed by atoms with Crippen LogP contribution in [0.1, 0.15) is 30.5 Å². The number of carbonyl (C=O) groups is 2. The van der Waals surface area contributed by atoms with Crippen LogP contribution in [0.3, 0.4) is 0 Å². The summed E-state index contributed by atoms with van der Waals surface area (Å²) in [7, 11) is 0. The summed E-state index contributed by atoms with van der Waals surface area (Å²) >= 11 is 0. The quantitative estimate of drug-likeness (QED) is 0.776. The number of benzene rings is 2. The van der Waals surface area contributed by atoms with E-state index in [4.69, 9.17) is 4.74 Å². The molecule has 0 aromatic heterocycles. The minimum atomic E-state index is -0.331. The van der Waals surface area contributed by atoms with Crippen LogP contribution in [0.25, 0.3) is 0 Å². The zero-order valence-corrected chi connectivity index (χ0v) is 14.6. The maximum absolute atomic E-state index is 12.1. The molecule has 0 aliphatic rings. The zero-order chi connectivity index (χ0) is 18.1. The molecule has 2 N–H and O–H groups in total. The molecule has 0 unspecified atom stereocenters. The molecule has 2 rings (SSSR count). The van der Waals surface area contributed by atoms with E-state index in [1.54, 1.807) is 12.1 Å². The molecule has 2 aromatic rings. The largest absolute Gasteiger partial charge is 0.484 e. The Morgan fingerprint density at radius 1 is 1.00 bits per heavy atom. The molecule has 132 valence electrons. The van der Waals surface area contributed by atoms with Crippen molar-refractivity contribution >= 4 is 11.8 Å². The molecule has 2 aromatic carbocycles. The normalized spacial score (nSPS) is 11.4. The molecule has 0 heterocycles. The Hall–Kier alpha value is -2.82. The van der Waals surface area contributed by atoms with E-state index in [9.17, 15) is 9.59 Å². The number of amides is 2. The van der Waals surface area contributed by atoms with Crippen LogP contribution in [0.5, 0.6) is 5.75 Å². The topological polar surface area (TPSA) is 67.4 Å². The fraction of sp³-hybridized carbons (Fsp3) is 0.300. The first kappa shape index (κ1) is 18.5. The highest BCUT2D eigenvalue weighted by molar-refractivity contribution is 5.85. The Labute approximate surface area is 148 Å². The summed E-state index contributed by atoms with van der Waals surface area (Å²) in [5.74, 6) is 0.0652. The first-order valence-corrected chi connectivity index (χ1v) is 8.39. The highest BCUT2D eigenvalue weighted by Crippen LogP contribution is 2.16. The van der Waals surface area contributed by atoms with Crippen LogP contribution in [-0.2, 0) is 9.59 Å². The van der Waals surface area contributed by atoms with Gasteiger partial charge in [-0.05, 0) is 31.0 Å². The van der Waals surface area contributed by atoms with Crippen molar-refractivity contribution in [3.05, 3.63) is 65.7 Å². The van der Waals surface area contributed by atoms with Crippen LogP contribution in [0.4, 0.5) is 0 Å². The summed E-state index contributed by atoms with van der Waals surface area (Å²) < 4.78 is 5.34. The molecule has 2 amide bonds. The molecule has 0 radical (unpaired) electrons. The van der Waals surface area contributed by atoms with Gasteiger partial charge in [0.15, 0.2) is 6.61 Å². The van der Waals surface area contributed by atoms with E-state index in [1.165, 1.54) is 5.56 Å². The summed E-state index contributed by atoms with van der Waals surface area (Å²) in [6.07, 6.45) is 0.778. The lowest BCUT2D eigenvalue weighted by molar-refractivity contribution is -0.127. The average Bonchev–Trinajstić information content (AvgIpc) is 2.64. The Morgan fingerprint density at radius 2 is 1.68 bits per heavy atom. The molecular weight excluding hydrogens is 316 g/mol. The predicted octanol–water partition coefficient (Wildman–Crippen LogP) is 2.76. The van der Waals surface area contributed by atoms with Crippen molar-refractivity contribution in [3.8, 4) is 5.75 Å². The van der Waals surface area contributed by atoms with Crippen LogP contribution in [0, 0.1) is 6.92 Å². The molecule has 0 aliphatic heterocycles. The van der Waals surface area contributed by atoms with Gasteiger partial charge in [-0.1, -0.05) is 55.0 Å². The number of ether oxygens (including phenoxy) is 1. The third kappa shape index (κ3) is 6.30. The fourth-order valence-corrected chi connectivity index (χ4v) is 2.36. The Bertz CT molecular complexity index is 684. The van der Waals surface area contributed by atoms with Crippen molar-refractivity contribution in [1.82, 2.24) is 10.6 Å². The molecule has 5 nitrogen and oxygen atoms in total. The van der Waals surface area contributed by atoms with Gasteiger partial charge in [-0.2, -0.15) is 0 Å². The van der Waals surface area contributed by atoms with Crippen molar-refractivity contribution in [2.45, 2.75) is 26.3 Å². The van der Waals surface area contributed by atoms with E-state index >= 15 is 0 Å². The van der Waals surface area contributed by atoms with E-state index in [1.807, 2.05) is 56.3 Å². The monoisotopic (exact) mass is 340 g/mol. The van der Waals surface area contributed by atoms with Crippen molar-refractivity contribution in [1.29, 1.82) is 0 Å². The van der Waals surface area contributed by atoms with Gasteiger partial charge in [0, 0.05) is 0 Å². The number of para-hydroxylation sites is 1. The molecule has 25 heavy (non-hydrogen) atoms. The number of carbonyl (C=O) groups excluding carboxylic acids is 2. The minimum Gasteiger partial charge on any atom is -0.484 e. The highest BCUT2D eigenvalue weighted by Gasteiger charge is 2.13. The smallest absolute Gasteiger partial charge is 0.258 e. The number of hydrogen-bond acceptors (Lipinski definition) is 3. The van der Waals surface area contributed by atoms with Gasteiger partial charge in [0.05, 0.1) is 12.6 Å². The first-order chi connectivity index (χ1) is 12.1. The van der Waals surface area contributed by atoms with Gasteiger partial charge >= 0.3 is 0 Å². The minimum absolute atomic E-state index is 0.0643. The average molecular weight is 340 g/mol. The molecule has 0 spiro atoms. The molecule has 1 atom stereocenters. The van der Waals surface area contributed by atoms with Crippen molar-refractivity contribution < 1.29 is 14.3 Å². The van der Waals surface area contributed by atoms with E-state index < -0.39 is 0 Å². The number of hydrogen-bond donors (Lipinski definition) is 2. The second kappa shape index (κ2) is 9.47. The maximum Gasteiger partial charge on any atom is 0.258 e. The number of aryl methyl sites for hydroxylation is 1. The number of rotatable bonds is 8. The molecule has 5 heteroatoms. The molecular formula is C20H24N2O3. The van der Waals surface area contributed by atoms with Gasteiger partial charge in [-0.25, -0.2) is 0 Å². The van der Waals surface area contributed by atoms with Gasteiger partial charge in [-0.15, -0.1) is 0 Å². The van der Waals surface area contributed by atoms with E-state index in [0.717, 1.165) is 12.0 Å². The lowest BCUT2D eigenvalue weighted by Crippen LogP contribution is -2.40. The molecule has 0 aliphatic carbocycles. The van der Waals surface area contributed by atoms with E-state index in [2.05, 4.69) is 10.6 Å². The van der Waals surface area contributed by atoms with Crippen molar-refractivity contribution in [2.24, 2.45) is 0 Å². The zero-order valence-electron chi connectivity index (χ0n) is 14.6. The van der Waals surface area contributed by atoms with Gasteiger partial charge in [0.25, 0.3) is 5.91 Å². The van der Waals surface area contributed by atoms with Crippen LogP contribution in [0.2, 0.25) is 0 Å². The van der Waals surface area contributed by atoms with Crippen LogP contribution in [-0.4, -0.2) is 25.0 Å². The molecule has 0 saturated carbocycles. The van der Waals surface area contributed by atoms with E-state index in [0.29, 0.717) is 5.75 Å². The Kier molecular flexibility index (Phi) is 7.01. The summed E-state index contributed by atoms with van der Waals surface area (Å²) in [5, 5.41) is 5.50. The Balaban J connectivity index is 1.75. The summed E-state index contributed by atoms with van der Waals surface area (Å²) in [6.45, 7) is 3.85. The molecule has 0 saturated heterocycles. The summed E-state index contributed by atoms with van der Waals surface area (Å²) in [6, 6.07) is 17.1. The van der Waals surface area contributed by atoms with Crippen molar-refractivity contribution in [3.63, 3.8) is 0 Å². The second-order valence-corrected chi connectivity index (χ2v) is 5.82. The lowest BCUT2D eigenvalue weighted by Gasteiger charge is -2.18. The highest BCUT2D eigenvalue weighted by atomic mass is 16.5. The summed E-state index contributed by atoms with van der Waals surface area (Å²) in [4.78, 5) is 23.8. The van der Waals surface area contributed by atoms with Gasteiger partial charge in [0.2, 0.25) is 5.91 Å². The summed E-state index contributed by atoms with van der Waals surface area (Å²) in [5.41, 5.74) is 2.23. The SMILES string of the molecule is CC[C@H](NC(=O)CNC(=O)COc1ccccc1)c1ccc(C)cc1. The lowest BCUT2D eigenvalue weighted by atomic mass is 10.0. The van der Waals surface area contributed by atoms with Gasteiger partial charge in [-0.3, -0.25) is 9.59 Å². The van der Waals surface area contributed by atoms with Gasteiger partial charge < -0.3 is 15.4 Å². The third-order valence-corrected chi connectivity index (χ3v) is 3.78. The predicted molar refractivity (Wildman–Crippen MR) is 97.3 cm³/mol.